The maximum Gasteiger partial charge on any atom is 0.258 e. The number of carbonyl (C=O) groups is 2. The summed E-state index contributed by atoms with van der Waals surface area (Å²) in [6, 6.07) is 7.66. The van der Waals surface area contributed by atoms with Gasteiger partial charge in [-0.05, 0) is 43.5 Å². The summed E-state index contributed by atoms with van der Waals surface area (Å²) in [5.41, 5.74) is 0.508. The Labute approximate surface area is 230 Å². The minimum Gasteiger partial charge on any atom is -0.381 e. The molecule has 0 radical (unpaired) electrons. The second-order valence-corrected chi connectivity index (χ2v) is 10.1. The molecule has 2 aliphatic heterocycles. The molecule has 0 bridgehead atoms. The maximum absolute atomic E-state index is 15.8. The summed E-state index contributed by atoms with van der Waals surface area (Å²) in [5.74, 6) is -1.80. The quantitative estimate of drug-likeness (QED) is 0.439. The van der Waals surface area contributed by atoms with Crippen LogP contribution in [0.15, 0.2) is 36.5 Å². The van der Waals surface area contributed by atoms with Crippen LogP contribution in [0.25, 0.3) is 11.3 Å². The molecule has 1 saturated heterocycles. The fraction of sp³-hybridized carbons (Fsp3) is 0.393. The summed E-state index contributed by atoms with van der Waals surface area (Å²) in [5, 5.41) is 5.95. The van der Waals surface area contributed by atoms with E-state index in [-0.39, 0.29) is 41.9 Å². The minimum atomic E-state index is -0.878. The highest BCUT2D eigenvalue weighted by Crippen LogP contribution is 2.34. The monoisotopic (exact) mass is 551 g/mol. The largest absolute Gasteiger partial charge is 0.381 e. The molecule has 1 fully saturated rings. The molecule has 0 aliphatic carbocycles. The molecule has 2 aliphatic rings. The number of anilines is 2. The van der Waals surface area contributed by atoms with Gasteiger partial charge in [0.25, 0.3) is 5.91 Å². The van der Waals surface area contributed by atoms with Gasteiger partial charge in [0.05, 0.1) is 24.0 Å². The maximum atomic E-state index is 15.8. The van der Waals surface area contributed by atoms with Gasteiger partial charge in [0.1, 0.15) is 23.4 Å². The Morgan fingerprint density at radius 1 is 1.18 bits per heavy atom. The molecule has 1 atom stereocenters. The first-order chi connectivity index (χ1) is 19.2. The Morgan fingerprint density at radius 2 is 1.95 bits per heavy atom. The van der Waals surface area contributed by atoms with E-state index in [1.807, 2.05) is 31.1 Å². The molecule has 2 amide bonds. The molecule has 3 aromatic rings. The van der Waals surface area contributed by atoms with Crippen molar-refractivity contribution in [3.63, 3.8) is 0 Å². The number of carbonyl (C=O) groups excluding carboxylic acids is 2. The molecule has 1 aromatic carbocycles. The van der Waals surface area contributed by atoms with Crippen molar-refractivity contribution in [2.45, 2.75) is 44.9 Å². The number of nitrogens with one attached hydrogen (secondary N) is 2. The third kappa shape index (κ3) is 5.57. The standard InChI is InChI=1S/C28H31F2N7O3/c1-16(26(38)31-13-19-5-4-6-22(33-19)36(2)3)37-15-17-7-8-20(24(30)23(17)27(37)39)25-21(29)14-32-28(35-25)34-18-9-11-40-12-10-18/h4-8,14,16,18H,9-13,15H2,1-3H3,(H,31,38)(H,32,34,35)/t16-/m1/s1. The van der Waals surface area contributed by atoms with Gasteiger partial charge in [0.15, 0.2) is 5.82 Å². The molecule has 0 unspecified atom stereocenters. The molecule has 0 saturated carbocycles. The number of halogens is 2. The van der Waals surface area contributed by atoms with Gasteiger partial charge < -0.3 is 25.2 Å². The summed E-state index contributed by atoms with van der Waals surface area (Å²) < 4.78 is 35.9. The Morgan fingerprint density at radius 3 is 2.70 bits per heavy atom. The fourth-order valence-electron chi connectivity index (χ4n) is 4.81. The number of amides is 2. The van der Waals surface area contributed by atoms with Crippen molar-refractivity contribution in [2.75, 3.05) is 37.5 Å². The van der Waals surface area contributed by atoms with E-state index in [2.05, 4.69) is 25.6 Å². The summed E-state index contributed by atoms with van der Waals surface area (Å²) >= 11 is 0. The lowest BCUT2D eigenvalue weighted by atomic mass is 10.0. The lowest BCUT2D eigenvalue weighted by Crippen LogP contribution is -2.45. The van der Waals surface area contributed by atoms with Crippen molar-refractivity contribution in [3.05, 3.63) is 65.0 Å². The van der Waals surface area contributed by atoms with Gasteiger partial charge in [-0.1, -0.05) is 12.1 Å². The number of benzene rings is 1. The highest BCUT2D eigenvalue weighted by Gasteiger charge is 2.37. The third-order valence-electron chi connectivity index (χ3n) is 7.14. The number of hydrogen-bond donors (Lipinski definition) is 2. The van der Waals surface area contributed by atoms with Gasteiger partial charge in [-0.25, -0.2) is 23.7 Å². The number of rotatable bonds is 8. The van der Waals surface area contributed by atoms with E-state index in [9.17, 15) is 14.0 Å². The molecule has 5 rings (SSSR count). The van der Waals surface area contributed by atoms with Crippen molar-refractivity contribution in [1.29, 1.82) is 0 Å². The SMILES string of the molecule is C[C@H](C(=O)NCc1cccc(N(C)C)n1)N1Cc2ccc(-c3nc(NC4CCOCC4)ncc3F)c(F)c2C1=O. The van der Waals surface area contributed by atoms with Crippen LogP contribution >= 0.6 is 0 Å². The first kappa shape index (κ1) is 27.4. The van der Waals surface area contributed by atoms with Crippen molar-refractivity contribution < 1.29 is 23.1 Å². The Hall–Kier alpha value is -4.19. The zero-order valence-electron chi connectivity index (χ0n) is 22.6. The molecule has 210 valence electrons. The summed E-state index contributed by atoms with van der Waals surface area (Å²) in [6.07, 6.45) is 2.48. The van der Waals surface area contributed by atoms with Crippen LogP contribution in [0.5, 0.6) is 0 Å². The highest BCUT2D eigenvalue weighted by atomic mass is 19.1. The zero-order valence-corrected chi connectivity index (χ0v) is 22.6. The molecule has 40 heavy (non-hydrogen) atoms. The fourth-order valence-corrected chi connectivity index (χ4v) is 4.81. The lowest BCUT2D eigenvalue weighted by Gasteiger charge is -2.23. The Kier molecular flexibility index (Phi) is 7.88. The summed E-state index contributed by atoms with van der Waals surface area (Å²) in [7, 11) is 3.74. The van der Waals surface area contributed by atoms with Gasteiger partial charge in [0.2, 0.25) is 11.9 Å². The number of nitrogens with zero attached hydrogens (tertiary/aromatic N) is 5. The Bertz CT molecular complexity index is 1430. The number of hydrogen-bond acceptors (Lipinski definition) is 8. The summed E-state index contributed by atoms with van der Waals surface area (Å²) in [6.45, 7) is 3.01. The second-order valence-electron chi connectivity index (χ2n) is 10.1. The van der Waals surface area contributed by atoms with E-state index in [0.717, 1.165) is 24.9 Å². The lowest BCUT2D eigenvalue weighted by molar-refractivity contribution is -0.125. The number of aromatic nitrogens is 3. The second kappa shape index (κ2) is 11.5. The molecule has 12 heteroatoms. The van der Waals surface area contributed by atoms with Gasteiger partial charge in [0, 0.05) is 45.5 Å². The molecule has 2 aromatic heterocycles. The number of fused-ring (bicyclic) bond motifs is 1. The predicted octanol–water partition coefficient (Wildman–Crippen LogP) is 3.13. The normalized spacial score (nSPS) is 16.0. The molecule has 10 nitrogen and oxygen atoms in total. The zero-order chi connectivity index (χ0) is 28.4. The van der Waals surface area contributed by atoms with Gasteiger partial charge in [-0.15, -0.1) is 0 Å². The molecule has 2 N–H and O–H groups in total. The van der Waals surface area contributed by atoms with Crippen LogP contribution in [-0.2, 0) is 22.6 Å². The first-order valence-corrected chi connectivity index (χ1v) is 13.1. The third-order valence-corrected chi connectivity index (χ3v) is 7.14. The molecule has 0 spiro atoms. The van der Waals surface area contributed by atoms with Crippen LogP contribution in [0.1, 0.15) is 41.4 Å². The predicted molar refractivity (Wildman–Crippen MR) is 145 cm³/mol. The summed E-state index contributed by atoms with van der Waals surface area (Å²) in [4.78, 5) is 42.1. The van der Waals surface area contributed by atoms with Gasteiger partial charge in [-0.3, -0.25) is 9.59 Å². The first-order valence-electron chi connectivity index (χ1n) is 13.1. The van der Waals surface area contributed by atoms with E-state index in [4.69, 9.17) is 4.74 Å². The van der Waals surface area contributed by atoms with Crippen molar-refractivity contribution in [3.8, 4) is 11.3 Å². The van der Waals surface area contributed by atoms with Gasteiger partial charge in [-0.2, -0.15) is 0 Å². The van der Waals surface area contributed by atoms with Crippen LogP contribution in [0, 0.1) is 11.6 Å². The van der Waals surface area contributed by atoms with Crippen LogP contribution < -0.4 is 15.5 Å². The van der Waals surface area contributed by atoms with Crippen molar-refractivity contribution in [2.24, 2.45) is 0 Å². The minimum absolute atomic E-state index is 0.0527. The van der Waals surface area contributed by atoms with E-state index in [0.29, 0.717) is 24.5 Å². The van der Waals surface area contributed by atoms with Crippen LogP contribution in [0.4, 0.5) is 20.5 Å². The number of ether oxygens (including phenoxy) is 1. The van der Waals surface area contributed by atoms with Gasteiger partial charge >= 0.3 is 0 Å². The van der Waals surface area contributed by atoms with Crippen molar-refractivity contribution in [1.82, 2.24) is 25.2 Å². The molecular formula is C28H31F2N7O3. The van der Waals surface area contributed by atoms with E-state index < -0.39 is 29.5 Å². The average molecular weight is 552 g/mol. The van der Waals surface area contributed by atoms with E-state index in [1.165, 1.54) is 11.0 Å². The topological polar surface area (TPSA) is 113 Å². The van der Waals surface area contributed by atoms with Crippen LogP contribution in [0.3, 0.4) is 0 Å². The highest BCUT2D eigenvalue weighted by molar-refractivity contribution is 6.02. The van der Waals surface area contributed by atoms with Crippen molar-refractivity contribution >= 4 is 23.6 Å². The average Bonchev–Trinajstić information content (AvgIpc) is 3.30. The Balaban J connectivity index is 1.31. The molecule has 4 heterocycles. The van der Waals surface area contributed by atoms with E-state index >= 15 is 4.39 Å². The molecular weight excluding hydrogens is 520 g/mol. The smallest absolute Gasteiger partial charge is 0.258 e. The number of pyridine rings is 1. The van der Waals surface area contributed by atoms with Crippen LogP contribution in [-0.4, -0.2) is 71.1 Å². The van der Waals surface area contributed by atoms with E-state index in [1.54, 1.807) is 19.1 Å². The van der Waals surface area contributed by atoms with Crippen LogP contribution in [0.2, 0.25) is 0 Å².